The highest BCUT2D eigenvalue weighted by Crippen LogP contribution is 2.28. The lowest BCUT2D eigenvalue weighted by molar-refractivity contribution is -0.119. The van der Waals surface area contributed by atoms with Gasteiger partial charge in [-0.15, -0.1) is 5.10 Å². The Bertz CT molecular complexity index is 594. The number of carbonyl (C=O) groups excluding carboxylic acids is 2. The molecule has 0 bridgehead atoms. The van der Waals surface area contributed by atoms with Gasteiger partial charge in [0.15, 0.2) is 0 Å². The van der Waals surface area contributed by atoms with Crippen molar-refractivity contribution in [3.63, 3.8) is 0 Å². The van der Waals surface area contributed by atoms with E-state index in [0.717, 1.165) is 43.8 Å². The number of imide groups is 1. The van der Waals surface area contributed by atoms with Gasteiger partial charge in [0.05, 0.1) is 0 Å². The predicted octanol–water partition coefficient (Wildman–Crippen LogP) is 3.18. The minimum Gasteiger partial charge on any atom is -0.335 e. The van der Waals surface area contributed by atoms with E-state index in [0.29, 0.717) is 10.9 Å². The molecule has 0 radical (unpaired) electrons. The molecule has 2 aliphatic rings. The van der Waals surface area contributed by atoms with E-state index in [1.165, 1.54) is 43.9 Å². The lowest BCUT2D eigenvalue weighted by Gasteiger charge is -2.11. The molecule has 2 fully saturated rings. The molecule has 1 aromatic heterocycles. The van der Waals surface area contributed by atoms with Crippen LogP contribution >= 0.6 is 11.8 Å². The number of hydrogen-bond acceptors (Lipinski definition) is 5. The number of H-pyrrole nitrogens is 1. The van der Waals surface area contributed by atoms with Crippen LogP contribution in [0.3, 0.4) is 0 Å². The van der Waals surface area contributed by atoms with Crippen LogP contribution < -0.4 is 10.6 Å². The van der Waals surface area contributed by atoms with Gasteiger partial charge < -0.3 is 5.32 Å². The van der Waals surface area contributed by atoms with E-state index >= 15 is 0 Å². The van der Waals surface area contributed by atoms with Crippen LogP contribution in [0.2, 0.25) is 0 Å². The number of nitrogens with one attached hydrogen (secondary N) is 3. The molecule has 3 amide bonds. The zero-order chi connectivity index (χ0) is 18.2. The number of carbonyl (C=O) groups is 2. The van der Waals surface area contributed by atoms with Gasteiger partial charge in [-0.2, -0.15) is 0 Å². The summed E-state index contributed by atoms with van der Waals surface area (Å²) in [5, 5.41) is 13.1. The number of rotatable bonds is 8. The third-order valence-electron chi connectivity index (χ3n) is 5.28. The van der Waals surface area contributed by atoms with E-state index in [4.69, 9.17) is 0 Å². The highest BCUT2D eigenvalue weighted by molar-refractivity contribution is 7.99. The van der Waals surface area contributed by atoms with Crippen LogP contribution in [0.15, 0.2) is 5.16 Å². The standard InChI is InChI=1S/C18H29N5O2S/c24-16(21-17(25)19-14-7-3-4-8-14)11-12-26-18-20-15(22-23-18)10-9-13-5-1-2-6-13/h13-14H,1-12H2,(H,20,22,23)(H2,19,21,24,25). The second-order valence-corrected chi connectivity index (χ2v) is 8.42. The van der Waals surface area contributed by atoms with E-state index in [1.54, 1.807) is 0 Å². The third-order valence-corrected chi connectivity index (χ3v) is 6.13. The number of urea groups is 1. The quantitative estimate of drug-likeness (QED) is 0.602. The number of hydrogen-bond donors (Lipinski definition) is 3. The first-order chi connectivity index (χ1) is 12.7. The number of thioether (sulfide) groups is 1. The van der Waals surface area contributed by atoms with Crippen molar-refractivity contribution in [1.29, 1.82) is 0 Å². The van der Waals surface area contributed by atoms with Crippen LogP contribution in [0.4, 0.5) is 4.79 Å². The summed E-state index contributed by atoms with van der Waals surface area (Å²) in [5.41, 5.74) is 0. The number of aryl methyl sites for hydroxylation is 1. The van der Waals surface area contributed by atoms with E-state index < -0.39 is 0 Å². The van der Waals surface area contributed by atoms with Crippen LogP contribution in [-0.2, 0) is 11.2 Å². The number of nitrogens with zero attached hydrogens (tertiary/aromatic N) is 2. The SMILES string of the molecule is O=C(CCSc1n[nH]c(CCC2CCCC2)n1)NC(=O)NC1CCCC1. The topological polar surface area (TPSA) is 99.8 Å². The molecule has 3 rings (SSSR count). The molecule has 26 heavy (non-hydrogen) atoms. The van der Waals surface area contributed by atoms with Crippen molar-refractivity contribution in [2.24, 2.45) is 5.92 Å². The van der Waals surface area contributed by atoms with Crippen molar-refractivity contribution in [2.45, 2.75) is 81.8 Å². The van der Waals surface area contributed by atoms with E-state index in [2.05, 4.69) is 25.8 Å². The fraction of sp³-hybridized carbons (Fsp3) is 0.778. The van der Waals surface area contributed by atoms with Gasteiger partial charge in [-0.3, -0.25) is 15.2 Å². The second kappa shape index (κ2) is 9.94. The van der Waals surface area contributed by atoms with Crippen molar-refractivity contribution >= 4 is 23.7 Å². The molecule has 0 unspecified atom stereocenters. The lowest BCUT2D eigenvalue weighted by atomic mass is 10.0. The minimum atomic E-state index is -0.376. The molecule has 144 valence electrons. The van der Waals surface area contributed by atoms with Gasteiger partial charge in [0, 0.05) is 24.6 Å². The fourth-order valence-electron chi connectivity index (χ4n) is 3.81. The molecule has 0 saturated heterocycles. The summed E-state index contributed by atoms with van der Waals surface area (Å²) in [6.45, 7) is 0. The normalized spacial score (nSPS) is 18.3. The molecule has 7 nitrogen and oxygen atoms in total. The molecule has 0 spiro atoms. The summed E-state index contributed by atoms with van der Waals surface area (Å²) in [5.74, 6) is 2.07. The van der Waals surface area contributed by atoms with Crippen molar-refractivity contribution in [3.05, 3.63) is 5.82 Å². The van der Waals surface area contributed by atoms with Crippen LogP contribution in [0.1, 0.15) is 70.0 Å². The van der Waals surface area contributed by atoms with Gasteiger partial charge in [-0.1, -0.05) is 50.3 Å². The maximum Gasteiger partial charge on any atom is 0.321 e. The zero-order valence-corrected chi connectivity index (χ0v) is 16.1. The summed E-state index contributed by atoms with van der Waals surface area (Å²) < 4.78 is 0. The highest BCUT2D eigenvalue weighted by atomic mass is 32.2. The number of aromatic amines is 1. The first-order valence-corrected chi connectivity index (χ1v) is 10.8. The molecule has 3 N–H and O–H groups in total. The van der Waals surface area contributed by atoms with Crippen LogP contribution in [0.25, 0.3) is 0 Å². The van der Waals surface area contributed by atoms with Gasteiger partial charge in [0.2, 0.25) is 11.1 Å². The summed E-state index contributed by atoms with van der Waals surface area (Å²) >= 11 is 1.44. The van der Waals surface area contributed by atoms with Gasteiger partial charge in [-0.25, -0.2) is 9.78 Å². The fourth-order valence-corrected chi connectivity index (χ4v) is 4.56. The van der Waals surface area contributed by atoms with E-state index in [-0.39, 0.29) is 24.4 Å². The summed E-state index contributed by atoms with van der Waals surface area (Å²) in [6.07, 6.45) is 12.1. The van der Waals surface area contributed by atoms with Gasteiger partial charge in [-0.05, 0) is 25.2 Å². The number of aromatic nitrogens is 3. The predicted molar refractivity (Wildman–Crippen MR) is 101 cm³/mol. The Morgan fingerprint density at radius 1 is 1.12 bits per heavy atom. The van der Waals surface area contributed by atoms with Crippen molar-refractivity contribution in [3.8, 4) is 0 Å². The summed E-state index contributed by atoms with van der Waals surface area (Å²) in [4.78, 5) is 28.1. The molecule has 2 aliphatic carbocycles. The minimum absolute atomic E-state index is 0.216. The molecular formula is C18H29N5O2S. The first-order valence-electron chi connectivity index (χ1n) is 9.83. The van der Waals surface area contributed by atoms with Gasteiger partial charge in [0.25, 0.3) is 0 Å². The Morgan fingerprint density at radius 2 is 1.85 bits per heavy atom. The molecule has 2 saturated carbocycles. The van der Waals surface area contributed by atoms with Crippen LogP contribution in [-0.4, -0.2) is 38.9 Å². The second-order valence-electron chi connectivity index (χ2n) is 7.36. The maximum atomic E-state index is 11.8. The zero-order valence-electron chi connectivity index (χ0n) is 15.3. The Balaban J connectivity index is 1.28. The average molecular weight is 380 g/mol. The first kappa shape index (κ1) is 19.2. The Labute approximate surface area is 158 Å². The van der Waals surface area contributed by atoms with E-state index in [9.17, 15) is 9.59 Å². The third kappa shape index (κ3) is 6.30. The largest absolute Gasteiger partial charge is 0.335 e. The summed E-state index contributed by atoms with van der Waals surface area (Å²) in [7, 11) is 0. The summed E-state index contributed by atoms with van der Waals surface area (Å²) in [6, 6.07) is -0.160. The average Bonchev–Trinajstić information content (AvgIpc) is 3.36. The van der Waals surface area contributed by atoms with Crippen molar-refractivity contribution < 1.29 is 9.59 Å². The van der Waals surface area contributed by atoms with E-state index in [1.807, 2.05) is 0 Å². The van der Waals surface area contributed by atoms with Crippen molar-refractivity contribution in [2.75, 3.05) is 5.75 Å². The molecule has 0 aliphatic heterocycles. The Hall–Kier alpha value is -1.57. The number of amides is 3. The van der Waals surface area contributed by atoms with Gasteiger partial charge in [0.1, 0.15) is 5.82 Å². The Kier molecular flexibility index (Phi) is 7.34. The molecule has 0 atom stereocenters. The molecular weight excluding hydrogens is 350 g/mol. The molecule has 8 heteroatoms. The molecule has 1 aromatic rings. The maximum absolute atomic E-state index is 11.8. The monoisotopic (exact) mass is 379 g/mol. The smallest absolute Gasteiger partial charge is 0.321 e. The lowest BCUT2D eigenvalue weighted by Crippen LogP contribution is -2.43. The van der Waals surface area contributed by atoms with Crippen LogP contribution in [0, 0.1) is 5.92 Å². The molecule has 1 heterocycles. The van der Waals surface area contributed by atoms with Gasteiger partial charge >= 0.3 is 6.03 Å². The van der Waals surface area contributed by atoms with Crippen LogP contribution in [0.5, 0.6) is 0 Å². The van der Waals surface area contributed by atoms with Crippen molar-refractivity contribution in [1.82, 2.24) is 25.8 Å². The Morgan fingerprint density at radius 3 is 2.62 bits per heavy atom. The molecule has 0 aromatic carbocycles. The highest BCUT2D eigenvalue weighted by Gasteiger charge is 2.18.